The second-order valence-corrected chi connectivity index (χ2v) is 9.94. The van der Waals surface area contributed by atoms with E-state index in [1.807, 2.05) is 30.3 Å². The normalized spacial score (nSPS) is 28.2. The molecule has 8 heteroatoms. The van der Waals surface area contributed by atoms with Gasteiger partial charge in [0.1, 0.15) is 6.61 Å². The van der Waals surface area contributed by atoms with E-state index in [2.05, 4.69) is 6.92 Å². The van der Waals surface area contributed by atoms with E-state index in [4.69, 9.17) is 4.74 Å². The molecule has 0 N–H and O–H groups in total. The average molecular weight is 394 g/mol. The third kappa shape index (κ3) is 3.46. The van der Waals surface area contributed by atoms with Crippen molar-refractivity contribution >= 4 is 16.3 Å². The summed E-state index contributed by atoms with van der Waals surface area (Å²) in [6.07, 6.45) is 2.05. The molecule has 3 saturated heterocycles. The van der Waals surface area contributed by atoms with Crippen LogP contribution in [0.2, 0.25) is 0 Å². The summed E-state index contributed by atoms with van der Waals surface area (Å²) < 4.78 is 35.0. The van der Waals surface area contributed by atoms with E-state index in [0.29, 0.717) is 38.5 Å². The van der Waals surface area contributed by atoms with E-state index in [0.717, 1.165) is 18.4 Å². The molecule has 3 fully saturated rings. The molecule has 0 saturated carbocycles. The van der Waals surface area contributed by atoms with Crippen molar-refractivity contribution in [2.45, 2.75) is 31.7 Å². The number of ether oxygens (including phenoxy) is 1. The zero-order chi connectivity index (χ0) is 19.1. The summed E-state index contributed by atoms with van der Waals surface area (Å²) in [6, 6.07) is 9.88. The van der Waals surface area contributed by atoms with Gasteiger partial charge in [-0.05, 0) is 24.3 Å². The fraction of sp³-hybridized carbons (Fsp3) is 0.632. The van der Waals surface area contributed by atoms with Gasteiger partial charge in [0.25, 0.3) is 10.2 Å². The largest absolute Gasteiger partial charge is 0.447 e. The predicted molar refractivity (Wildman–Crippen MR) is 101 cm³/mol. The van der Waals surface area contributed by atoms with Crippen molar-refractivity contribution in [1.82, 2.24) is 13.5 Å². The second-order valence-electron chi connectivity index (χ2n) is 8.02. The highest BCUT2D eigenvalue weighted by Crippen LogP contribution is 2.34. The van der Waals surface area contributed by atoms with Gasteiger partial charge in [-0.3, -0.25) is 4.90 Å². The van der Waals surface area contributed by atoms with Crippen molar-refractivity contribution < 1.29 is 17.9 Å². The van der Waals surface area contributed by atoms with Crippen molar-refractivity contribution in [1.29, 1.82) is 0 Å². The number of hydrogen-bond donors (Lipinski definition) is 0. The number of cyclic esters (lactones) is 1. The Balaban J connectivity index is 1.57. The van der Waals surface area contributed by atoms with Gasteiger partial charge in [0.15, 0.2) is 0 Å². The van der Waals surface area contributed by atoms with Crippen molar-refractivity contribution in [2.75, 3.05) is 39.3 Å². The first-order valence-corrected chi connectivity index (χ1v) is 11.0. The molecule has 27 heavy (non-hydrogen) atoms. The maximum Gasteiger partial charge on any atom is 0.410 e. The molecular formula is C19H27N3O4S. The Morgan fingerprint density at radius 3 is 2.48 bits per heavy atom. The number of amides is 1. The topological polar surface area (TPSA) is 70.2 Å². The minimum atomic E-state index is -3.52. The van der Waals surface area contributed by atoms with E-state index in [-0.39, 0.29) is 19.2 Å². The molecule has 0 spiro atoms. The van der Waals surface area contributed by atoms with Crippen LogP contribution in [0.5, 0.6) is 0 Å². The molecule has 0 bridgehead atoms. The Kier molecular flexibility index (Phi) is 4.90. The highest BCUT2D eigenvalue weighted by Gasteiger charge is 2.53. The SMILES string of the molecule is CC1CCN(S(=O)(=O)N2CCN3C(=O)OCC3(Cc3ccccc3)C2)CC1. The number of carbonyl (C=O) groups excluding carboxylic acids is 1. The average Bonchev–Trinajstić information content (AvgIpc) is 2.99. The van der Waals surface area contributed by atoms with Gasteiger partial charge in [0, 0.05) is 39.1 Å². The van der Waals surface area contributed by atoms with E-state index in [9.17, 15) is 13.2 Å². The fourth-order valence-electron chi connectivity index (χ4n) is 4.38. The monoisotopic (exact) mass is 393 g/mol. The van der Waals surface area contributed by atoms with Crippen LogP contribution in [0.15, 0.2) is 30.3 Å². The molecule has 3 heterocycles. The molecule has 1 aromatic carbocycles. The Morgan fingerprint density at radius 1 is 1.07 bits per heavy atom. The summed E-state index contributed by atoms with van der Waals surface area (Å²) in [7, 11) is -3.52. The fourth-order valence-corrected chi connectivity index (χ4v) is 6.09. The molecule has 0 aliphatic carbocycles. The van der Waals surface area contributed by atoms with Crippen LogP contribution in [0.25, 0.3) is 0 Å². The third-order valence-corrected chi connectivity index (χ3v) is 8.05. The molecule has 0 aromatic heterocycles. The number of nitrogens with zero attached hydrogens (tertiary/aromatic N) is 3. The molecule has 3 aliphatic rings. The van der Waals surface area contributed by atoms with E-state index < -0.39 is 15.7 Å². The van der Waals surface area contributed by atoms with Crippen LogP contribution in [0.3, 0.4) is 0 Å². The van der Waals surface area contributed by atoms with Gasteiger partial charge in [-0.15, -0.1) is 0 Å². The lowest BCUT2D eigenvalue weighted by molar-refractivity contribution is 0.0872. The third-order valence-electron chi connectivity index (χ3n) is 6.07. The molecule has 7 nitrogen and oxygen atoms in total. The first-order chi connectivity index (χ1) is 12.9. The molecule has 1 unspecified atom stereocenters. The molecule has 1 atom stereocenters. The van der Waals surface area contributed by atoms with Gasteiger partial charge in [-0.25, -0.2) is 4.79 Å². The second kappa shape index (κ2) is 7.07. The number of benzene rings is 1. The number of hydrogen-bond acceptors (Lipinski definition) is 4. The van der Waals surface area contributed by atoms with Crippen molar-refractivity contribution in [2.24, 2.45) is 5.92 Å². The molecule has 1 aromatic rings. The first-order valence-electron chi connectivity index (χ1n) is 9.64. The summed E-state index contributed by atoms with van der Waals surface area (Å²) in [5.74, 6) is 0.568. The Labute approximate surface area is 161 Å². The van der Waals surface area contributed by atoms with Crippen molar-refractivity contribution in [3.05, 3.63) is 35.9 Å². The minimum absolute atomic E-state index is 0.226. The standard InChI is InChI=1S/C19H27N3O4S/c1-16-7-9-20(10-8-16)27(24,25)21-11-12-22-18(23)26-15-19(22,14-21)13-17-5-3-2-4-6-17/h2-6,16H,7-15H2,1H3. The summed E-state index contributed by atoms with van der Waals surface area (Å²) in [6.45, 7) is 4.51. The summed E-state index contributed by atoms with van der Waals surface area (Å²) in [5.41, 5.74) is 0.444. The lowest BCUT2D eigenvalue weighted by atomic mass is 9.89. The first kappa shape index (κ1) is 18.7. The number of rotatable bonds is 4. The Bertz CT molecular complexity index is 792. The van der Waals surface area contributed by atoms with E-state index >= 15 is 0 Å². The molecule has 3 aliphatic heterocycles. The number of fused-ring (bicyclic) bond motifs is 1. The molecule has 4 rings (SSSR count). The van der Waals surface area contributed by atoms with Crippen LogP contribution >= 0.6 is 0 Å². The van der Waals surface area contributed by atoms with Gasteiger partial charge in [0.05, 0.1) is 5.54 Å². The highest BCUT2D eigenvalue weighted by molar-refractivity contribution is 7.86. The van der Waals surface area contributed by atoms with Crippen LogP contribution in [-0.2, 0) is 21.4 Å². The quantitative estimate of drug-likeness (QED) is 0.781. The van der Waals surface area contributed by atoms with Gasteiger partial charge < -0.3 is 4.74 Å². The van der Waals surface area contributed by atoms with Gasteiger partial charge in [-0.1, -0.05) is 37.3 Å². The minimum Gasteiger partial charge on any atom is -0.447 e. The van der Waals surface area contributed by atoms with Crippen LogP contribution in [0, 0.1) is 5.92 Å². The van der Waals surface area contributed by atoms with Crippen molar-refractivity contribution in [3.8, 4) is 0 Å². The molecule has 1 amide bonds. The number of piperazine rings is 1. The Hall–Kier alpha value is -1.64. The van der Waals surface area contributed by atoms with Crippen LogP contribution < -0.4 is 0 Å². The summed E-state index contributed by atoms with van der Waals surface area (Å²) in [4.78, 5) is 13.9. The maximum absolute atomic E-state index is 13.2. The Morgan fingerprint density at radius 2 is 1.78 bits per heavy atom. The zero-order valence-electron chi connectivity index (χ0n) is 15.7. The molecule has 0 radical (unpaired) electrons. The van der Waals surface area contributed by atoms with Gasteiger partial charge in [-0.2, -0.15) is 17.0 Å². The van der Waals surface area contributed by atoms with Gasteiger partial charge in [0.2, 0.25) is 0 Å². The van der Waals surface area contributed by atoms with E-state index in [1.54, 1.807) is 13.5 Å². The number of carbonyl (C=O) groups is 1. The van der Waals surface area contributed by atoms with Crippen LogP contribution in [0.1, 0.15) is 25.3 Å². The van der Waals surface area contributed by atoms with Gasteiger partial charge >= 0.3 is 6.09 Å². The molecular weight excluding hydrogens is 366 g/mol. The predicted octanol–water partition coefficient (Wildman–Crippen LogP) is 1.71. The smallest absolute Gasteiger partial charge is 0.410 e. The lowest BCUT2D eigenvalue weighted by Gasteiger charge is -2.45. The number of piperidine rings is 1. The lowest BCUT2D eigenvalue weighted by Crippen LogP contribution is -2.65. The molecule has 148 valence electrons. The maximum atomic E-state index is 13.2. The van der Waals surface area contributed by atoms with Crippen LogP contribution in [0.4, 0.5) is 4.79 Å². The van der Waals surface area contributed by atoms with E-state index in [1.165, 1.54) is 0 Å². The van der Waals surface area contributed by atoms with Crippen LogP contribution in [-0.4, -0.2) is 72.9 Å². The summed E-state index contributed by atoms with van der Waals surface area (Å²) >= 11 is 0. The highest BCUT2D eigenvalue weighted by atomic mass is 32.2. The van der Waals surface area contributed by atoms with Crippen molar-refractivity contribution in [3.63, 3.8) is 0 Å². The summed E-state index contributed by atoms with van der Waals surface area (Å²) in [5, 5.41) is 0. The zero-order valence-corrected chi connectivity index (χ0v) is 16.5.